The van der Waals surface area contributed by atoms with Crippen molar-refractivity contribution in [1.29, 1.82) is 0 Å². The van der Waals surface area contributed by atoms with Crippen LogP contribution in [-0.2, 0) is 28.6 Å². The zero-order valence-electron chi connectivity index (χ0n) is 40.0. The van der Waals surface area contributed by atoms with E-state index in [1.165, 1.54) is 44.9 Å². The van der Waals surface area contributed by atoms with E-state index >= 15 is 0 Å². The lowest BCUT2D eigenvalue weighted by Gasteiger charge is -2.18. The van der Waals surface area contributed by atoms with Gasteiger partial charge in [-0.1, -0.05) is 212 Å². The number of carbonyl (C=O) groups excluding carboxylic acids is 3. The molecule has 0 bridgehead atoms. The van der Waals surface area contributed by atoms with Gasteiger partial charge < -0.3 is 14.2 Å². The molecule has 352 valence electrons. The van der Waals surface area contributed by atoms with Crippen LogP contribution in [0.2, 0.25) is 0 Å². The maximum atomic E-state index is 12.7. The molecule has 0 aromatic rings. The van der Waals surface area contributed by atoms with Crippen LogP contribution in [0.1, 0.15) is 188 Å². The van der Waals surface area contributed by atoms with E-state index in [0.29, 0.717) is 19.3 Å². The zero-order valence-corrected chi connectivity index (χ0v) is 40.0. The molecular weight excluding hydrogens is 781 g/mol. The third-order valence-corrected chi connectivity index (χ3v) is 9.68. The van der Waals surface area contributed by atoms with Gasteiger partial charge in [0.05, 0.1) is 0 Å². The summed E-state index contributed by atoms with van der Waals surface area (Å²) in [4.78, 5) is 37.8. The fourth-order valence-corrected chi connectivity index (χ4v) is 6.04. The van der Waals surface area contributed by atoms with Crippen molar-refractivity contribution in [2.45, 2.75) is 194 Å². The minimum atomic E-state index is -0.850. The van der Waals surface area contributed by atoms with Crippen molar-refractivity contribution in [3.8, 4) is 0 Å². The highest BCUT2D eigenvalue weighted by molar-refractivity contribution is 5.71. The van der Waals surface area contributed by atoms with E-state index in [-0.39, 0.29) is 38.0 Å². The number of carbonyl (C=O) groups is 3. The Labute approximate surface area is 385 Å². The third kappa shape index (κ3) is 48.4. The summed E-state index contributed by atoms with van der Waals surface area (Å²) in [6.07, 6.45) is 70.3. The maximum Gasteiger partial charge on any atom is 0.306 e. The summed E-state index contributed by atoms with van der Waals surface area (Å²) in [5.74, 6) is -1.12. The van der Waals surface area contributed by atoms with Crippen LogP contribution in [0.5, 0.6) is 0 Å². The summed E-state index contributed by atoms with van der Waals surface area (Å²) in [5.41, 5.74) is 0. The quantitative estimate of drug-likeness (QED) is 0.0263. The van der Waals surface area contributed by atoms with E-state index in [0.717, 1.165) is 89.9 Å². The second kappa shape index (κ2) is 50.2. The minimum Gasteiger partial charge on any atom is -0.462 e. The van der Waals surface area contributed by atoms with Gasteiger partial charge in [-0.15, -0.1) is 0 Å². The van der Waals surface area contributed by atoms with Crippen molar-refractivity contribution in [3.63, 3.8) is 0 Å². The summed E-state index contributed by atoms with van der Waals surface area (Å²) < 4.78 is 16.6. The number of hydrogen-bond acceptors (Lipinski definition) is 6. The Kier molecular flexibility index (Phi) is 46.7. The van der Waals surface area contributed by atoms with Gasteiger partial charge in [-0.25, -0.2) is 0 Å². The van der Waals surface area contributed by atoms with Crippen LogP contribution in [0.4, 0.5) is 0 Å². The summed E-state index contributed by atoms with van der Waals surface area (Å²) in [7, 11) is 0. The van der Waals surface area contributed by atoms with Crippen molar-refractivity contribution < 1.29 is 28.6 Å². The molecule has 0 rings (SSSR count). The van der Waals surface area contributed by atoms with Gasteiger partial charge in [0.2, 0.25) is 0 Å². The smallest absolute Gasteiger partial charge is 0.306 e. The van der Waals surface area contributed by atoms with Gasteiger partial charge in [0.15, 0.2) is 6.10 Å². The molecule has 0 spiro atoms. The van der Waals surface area contributed by atoms with Crippen LogP contribution in [0.3, 0.4) is 0 Å². The molecule has 0 aromatic heterocycles. The average molecular weight is 869 g/mol. The van der Waals surface area contributed by atoms with E-state index in [4.69, 9.17) is 14.2 Å². The molecule has 0 amide bonds. The van der Waals surface area contributed by atoms with Crippen LogP contribution in [0.15, 0.2) is 134 Å². The summed E-state index contributed by atoms with van der Waals surface area (Å²) in [6.45, 7) is 6.24. The topological polar surface area (TPSA) is 78.9 Å². The van der Waals surface area contributed by atoms with Crippen LogP contribution >= 0.6 is 0 Å². The highest BCUT2D eigenvalue weighted by Crippen LogP contribution is 2.12. The molecule has 0 aliphatic carbocycles. The standard InChI is InChI=1S/C57H88O6/c1-4-7-10-13-16-19-22-24-26-28-29-30-32-33-35-38-41-44-47-50-56(59)62-53-54(52-61-55(58)49-46-43-40-37-21-18-15-12-9-6-3)63-57(60)51-48-45-42-39-36-34-31-27-25-23-20-17-14-11-8-5-2/h7-8,10-11,16-17,19-20,24-27,29-30,33-36,41-42,44-45,54H,4-6,9,12-15,18,21-23,28,31-32,37-40,43,46-53H2,1-3H3/b10-7-,11-8-,19-16-,20-17-,26-24-,27-25-,30-29-,35-33-,36-34-,44-41-,45-42-. The number of esters is 3. The van der Waals surface area contributed by atoms with Crippen molar-refractivity contribution in [1.82, 2.24) is 0 Å². The van der Waals surface area contributed by atoms with Gasteiger partial charge in [0.25, 0.3) is 0 Å². The van der Waals surface area contributed by atoms with E-state index < -0.39 is 12.1 Å². The first-order chi connectivity index (χ1) is 31.0. The lowest BCUT2D eigenvalue weighted by molar-refractivity contribution is -0.166. The van der Waals surface area contributed by atoms with Crippen LogP contribution in [0, 0.1) is 0 Å². The van der Waals surface area contributed by atoms with Crippen molar-refractivity contribution in [2.24, 2.45) is 0 Å². The van der Waals surface area contributed by atoms with Crippen LogP contribution in [-0.4, -0.2) is 37.2 Å². The van der Waals surface area contributed by atoms with E-state index in [1.807, 2.05) is 24.3 Å². The monoisotopic (exact) mass is 869 g/mol. The number of allylic oxidation sites excluding steroid dienone is 22. The molecule has 0 radical (unpaired) electrons. The molecule has 0 aliphatic rings. The second-order valence-corrected chi connectivity index (χ2v) is 15.6. The molecule has 0 aromatic carbocycles. The summed E-state index contributed by atoms with van der Waals surface area (Å²) >= 11 is 0. The first-order valence-electron chi connectivity index (χ1n) is 24.7. The Morgan fingerprint density at radius 2 is 0.619 bits per heavy atom. The third-order valence-electron chi connectivity index (χ3n) is 9.68. The average Bonchev–Trinajstić information content (AvgIpc) is 3.28. The second-order valence-electron chi connectivity index (χ2n) is 15.6. The Bertz CT molecular complexity index is 1420. The van der Waals surface area contributed by atoms with Crippen LogP contribution in [0.25, 0.3) is 0 Å². The van der Waals surface area contributed by atoms with Crippen LogP contribution < -0.4 is 0 Å². The molecule has 0 aliphatic heterocycles. The molecule has 0 N–H and O–H groups in total. The normalized spacial score (nSPS) is 13.3. The van der Waals surface area contributed by atoms with Gasteiger partial charge in [-0.2, -0.15) is 0 Å². The number of ether oxygens (including phenoxy) is 3. The summed E-state index contributed by atoms with van der Waals surface area (Å²) in [5, 5.41) is 0. The van der Waals surface area contributed by atoms with Crippen molar-refractivity contribution in [3.05, 3.63) is 134 Å². The molecular formula is C57H88O6. The predicted molar refractivity (Wildman–Crippen MR) is 269 cm³/mol. The molecule has 0 fully saturated rings. The number of unbranched alkanes of at least 4 members (excludes halogenated alkanes) is 9. The van der Waals surface area contributed by atoms with Gasteiger partial charge in [0, 0.05) is 19.3 Å². The molecule has 0 saturated carbocycles. The minimum absolute atomic E-state index is 0.134. The largest absolute Gasteiger partial charge is 0.462 e. The van der Waals surface area contributed by atoms with E-state index in [9.17, 15) is 14.4 Å². The maximum absolute atomic E-state index is 12.7. The van der Waals surface area contributed by atoms with Gasteiger partial charge in [-0.05, 0) is 89.9 Å². The molecule has 6 nitrogen and oxygen atoms in total. The number of hydrogen-bond donors (Lipinski definition) is 0. The highest BCUT2D eigenvalue weighted by atomic mass is 16.6. The van der Waals surface area contributed by atoms with Gasteiger partial charge in [-0.3, -0.25) is 14.4 Å². The predicted octanol–water partition coefficient (Wildman–Crippen LogP) is 16.3. The first kappa shape index (κ1) is 58.6. The fraction of sp³-hybridized carbons (Fsp3) is 0.561. The van der Waals surface area contributed by atoms with Crippen molar-refractivity contribution >= 4 is 17.9 Å². The Balaban J connectivity index is 4.61. The van der Waals surface area contributed by atoms with Gasteiger partial charge >= 0.3 is 17.9 Å². The SMILES string of the molecule is CC/C=C\C/C=C\C/C=C\C/C=C\C/C=C\C/C=C\CCC(=O)OCC(COC(=O)CCCCCCCCCCCC)OC(=O)CC/C=C\C/C=C\C/C=C\C/C=C\C/C=C\CC. The first-order valence-corrected chi connectivity index (χ1v) is 24.7. The summed E-state index contributed by atoms with van der Waals surface area (Å²) in [6, 6.07) is 0. The molecule has 0 heterocycles. The Morgan fingerprint density at radius 3 is 0.968 bits per heavy atom. The van der Waals surface area contributed by atoms with Gasteiger partial charge in [0.1, 0.15) is 13.2 Å². The number of rotatable bonds is 42. The highest BCUT2D eigenvalue weighted by Gasteiger charge is 2.19. The molecule has 63 heavy (non-hydrogen) atoms. The van der Waals surface area contributed by atoms with E-state index in [2.05, 4.69) is 130 Å². The molecule has 0 saturated heterocycles. The fourth-order valence-electron chi connectivity index (χ4n) is 6.04. The zero-order chi connectivity index (χ0) is 45.8. The Morgan fingerprint density at radius 1 is 0.333 bits per heavy atom. The van der Waals surface area contributed by atoms with E-state index in [1.54, 1.807) is 0 Å². The lowest BCUT2D eigenvalue weighted by atomic mass is 10.1. The lowest BCUT2D eigenvalue weighted by Crippen LogP contribution is -2.30. The Hall–Kier alpha value is -4.45. The van der Waals surface area contributed by atoms with Crippen molar-refractivity contribution in [2.75, 3.05) is 13.2 Å². The molecule has 1 unspecified atom stereocenters. The molecule has 6 heteroatoms. The molecule has 1 atom stereocenters.